The van der Waals surface area contributed by atoms with E-state index in [9.17, 15) is 4.79 Å². The van der Waals surface area contributed by atoms with Crippen LogP contribution in [0.5, 0.6) is 11.5 Å². The Morgan fingerprint density at radius 2 is 2.14 bits per heavy atom. The van der Waals surface area contributed by atoms with Crippen LogP contribution >= 0.6 is 0 Å². The van der Waals surface area contributed by atoms with Gasteiger partial charge in [-0.2, -0.15) is 0 Å². The van der Waals surface area contributed by atoms with Gasteiger partial charge in [0.2, 0.25) is 0 Å². The zero-order valence-electron chi connectivity index (χ0n) is 12.8. The first-order valence-corrected chi connectivity index (χ1v) is 7.37. The number of benzene rings is 1. The fourth-order valence-electron chi connectivity index (χ4n) is 2.99. The number of aromatic nitrogens is 1. The van der Waals surface area contributed by atoms with Gasteiger partial charge in [-0.25, -0.2) is 0 Å². The molecule has 116 valence electrons. The molecule has 5 nitrogen and oxygen atoms in total. The number of amides is 1. The third-order valence-electron chi connectivity index (χ3n) is 4.18. The molecule has 22 heavy (non-hydrogen) atoms. The van der Waals surface area contributed by atoms with Gasteiger partial charge < -0.3 is 19.4 Å². The quantitative estimate of drug-likeness (QED) is 0.944. The minimum atomic E-state index is 0.0503. The number of hydrogen-bond acceptors (Lipinski definition) is 3. The molecule has 0 spiro atoms. The topological polar surface area (TPSA) is 54.6 Å². The molecule has 2 aromatic rings. The molecule has 1 saturated heterocycles. The molecule has 0 aliphatic carbocycles. The van der Waals surface area contributed by atoms with E-state index in [-0.39, 0.29) is 11.8 Å². The number of methoxy groups -OCH3 is 2. The summed E-state index contributed by atoms with van der Waals surface area (Å²) in [7, 11) is 3.32. The van der Waals surface area contributed by atoms with E-state index in [2.05, 4.69) is 4.98 Å². The summed E-state index contributed by atoms with van der Waals surface area (Å²) < 4.78 is 10.8. The van der Waals surface area contributed by atoms with Crippen molar-refractivity contribution >= 4 is 5.91 Å². The van der Waals surface area contributed by atoms with E-state index < -0.39 is 0 Å². The highest BCUT2D eigenvalue weighted by Crippen LogP contribution is 2.36. The summed E-state index contributed by atoms with van der Waals surface area (Å²) in [5.41, 5.74) is 1.74. The molecule has 0 radical (unpaired) electrons. The zero-order chi connectivity index (χ0) is 15.5. The summed E-state index contributed by atoms with van der Waals surface area (Å²) >= 11 is 0. The summed E-state index contributed by atoms with van der Waals surface area (Å²) in [6.45, 7) is 1.45. The Morgan fingerprint density at radius 3 is 2.82 bits per heavy atom. The molecule has 1 N–H and O–H groups in total. The van der Waals surface area contributed by atoms with E-state index in [1.165, 1.54) is 0 Å². The second-order valence-electron chi connectivity index (χ2n) is 5.43. The molecule has 3 rings (SSSR count). The molecule has 0 saturated carbocycles. The Morgan fingerprint density at radius 1 is 1.27 bits per heavy atom. The van der Waals surface area contributed by atoms with Crippen LogP contribution in [0.4, 0.5) is 0 Å². The fourth-order valence-corrected chi connectivity index (χ4v) is 2.99. The van der Waals surface area contributed by atoms with Crippen molar-refractivity contribution in [2.75, 3.05) is 27.3 Å². The van der Waals surface area contributed by atoms with Gasteiger partial charge in [0.25, 0.3) is 5.91 Å². The van der Waals surface area contributed by atoms with E-state index in [0.29, 0.717) is 12.2 Å². The first-order chi connectivity index (χ1) is 10.7. The zero-order valence-corrected chi connectivity index (χ0v) is 12.8. The second-order valence-corrected chi connectivity index (χ2v) is 5.43. The van der Waals surface area contributed by atoms with Gasteiger partial charge in [-0.3, -0.25) is 4.79 Å². The lowest BCUT2D eigenvalue weighted by atomic mass is 9.97. The third-order valence-corrected chi connectivity index (χ3v) is 4.18. The molecular formula is C17H20N2O3. The third kappa shape index (κ3) is 2.66. The van der Waals surface area contributed by atoms with Crippen LogP contribution in [0.15, 0.2) is 36.5 Å². The van der Waals surface area contributed by atoms with Gasteiger partial charge in [-0.15, -0.1) is 0 Å². The van der Waals surface area contributed by atoms with Crippen LogP contribution in [0, 0.1) is 0 Å². The summed E-state index contributed by atoms with van der Waals surface area (Å²) in [6.07, 6.45) is 2.70. The predicted octanol–water partition coefficient (Wildman–Crippen LogP) is 2.66. The van der Waals surface area contributed by atoms with Gasteiger partial charge in [0.15, 0.2) is 0 Å². The lowest BCUT2D eigenvalue weighted by Crippen LogP contribution is -2.28. The summed E-state index contributed by atoms with van der Waals surface area (Å²) in [6, 6.07) is 9.46. The van der Waals surface area contributed by atoms with Crippen molar-refractivity contribution in [1.29, 1.82) is 0 Å². The Balaban J connectivity index is 1.79. The number of nitrogens with zero attached hydrogens (tertiary/aromatic N) is 1. The average Bonchev–Trinajstić information content (AvgIpc) is 3.25. The van der Waals surface area contributed by atoms with Crippen molar-refractivity contribution in [3.05, 3.63) is 47.8 Å². The number of carbonyl (C=O) groups is 1. The number of ether oxygens (including phenoxy) is 2. The van der Waals surface area contributed by atoms with Gasteiger partial charge in [0.05, 0.1) is 14.2 Å². The number of likely N-dealkylation sites (tertiary alicyclic amines) is 1. The highest BCUT2D eigenvalue weighted by atomic mass is 16.5. The molecular weight excluding hydrogens is 280 g/mol. The van der Waals surface area contributed by atoms with Crippen molar-refractivity contribution in [1.82, 2.24) is 9.88 Å². The van der Waals surface area contributed by atoms with Crippen molar-refractivity contribution in [3.63, 3.8) is 0 Å². The van der Waals surface area contributed by atoms with Crippen LogP contribution in [-0.4, -0.2) is 43.1 Å². The van der Waals surface area contributed by atoms with Crippen LogP contribution in [0.1, 0.15) is 28.4 Å². The number of rotatable bonds is 4. The minimum Gasteiger partial charge on any atom is -0.497 e. The van der Waals surface area contributed by atoms with Gasteiger partial charge in [0.1, 0.15) is 17.2 Å². The molecule has 1 aliphatic heterocycles. The smallest absolute Gasteiger partial charge is 0.270 e. The van der Waals surface area contributed by atoms with E-state index in [0.717, 1.165) is 30.0 Å². The molecule has 1 amide bonds. The van der Waals surface area contributed by atoms with Crippen LogP contribution in [-0.2, 0) is 0 Å². The first kappa shape index (κ1) is 14.5. The maximum absolute atomic E-state index is 12.4. The monoisotopic (exact) mass is 300 g/mol. The van der Waals surface area contributed by atoms with E-state index in [1.54, 1.807) is 20.4 Å². The first-order valence-electron chi connectivity index (χ1n) is 7.37. The summed E-state index contributed by atoms with van der Waals surface area (Å²) in [5, 5.41) is 0. The highest BCUT2D eigenvalue weighted by molar-refractivity contribution is 5.92. The van der Waals surface area contributed by atoms with Crippen molar-refractivity contribution < 1.29 is 14.3 Å². The summed E-state index contributed by atoms with van der Waals surface area (Å²) in [4.78, 5) is 17.3. The van der Waals surface area contributed by atoms with Gasteiger partial charge in [0, 0.05) is 30.8 Å². The SMILES string of the molecule is COc1ccc(OC)c([C@@H]2CCN(C(=O)c3ccc[nH]3)C2)c1. The molecule has 0 unspecified atom stereocenters. The van der Waals surface area contributed by atoms with Crippen LogP contribution in [0.25, 0.3) is 0 Å². The maximum Gasteiger partial charge on any atom is 0.270 e. The molecule has 1 aliphatic rings. The molecule has 2 heterocycles. The molecule has 1 aromatic carbocycles. The van der Waals surface area contributed by atoms with E-state index >= 15 is 0 Å². The Kier molecular flexibility index (Phi) is 4.04. The maximum atomic E-state index is 12.4. The Bertz CT molecular complexity index is 652. The molecule has 1 atom stereocenters. The van der Waals surface area contributed by atoms with Gasteiger partial charge in [-0.05, 0) is 36.8 Å². The number of nitrogens with one attached hydrogen (secondary N) is 1. The van der Waals surface area contributed by atoms with Crippen LogP contribution in [0.2, 0.25) is 0 Å². The second kappa shape index (κ2) is 6.13. The Labute approximate surface area is 129 Å². The molecule has 5 heteroatoms. The lowest BCUT2D eigenvalue weighted by Gasteiger charge is -2.18. The van der Waals surface area contributed by atoms with E-state index in [1.807, 2.05) is 35.2 Å². The van der Waals surface area contributed by atoms with E-state index in [4.69, 9.17) is 9.47 Å². The normalized spacial score (nSPS) is 17.5. The fraction of sp³-hybridized carbons (Fsp3) is 0.353. The number of hydrogen-bond donors (Lipinski definition) is 1. The van der Waals surface area contributed by atoms with Crippen LogP contribution < -0.4 is 9.47 Å². The largest absolute Gasteiger partial charge is 0.497 e. The molecule has 1 aromatic heterocycles. The van der Waals surface area contributed by atoms with Crippen LogP contribution in [0.3, 0.4) is 0 Å². The highest BCUT2D eigenvalue weighted by Gasteiger charge is 2.30. The van der Waals surface area contributed by atoms with Gasteiger partial charge >= 0.3 is 0 Å². The molecule has 0 bridgehead atoms. The average molecular weight is 300 g/mol. The lowest BCUT2D eigenvalue weighted by molar-refractivity contribution is 0.0785. The van der Waals surface area contributed by atoms with Crippen molar-refractivity contribution in [2.45, 2.75) is 12.3 Å². The van der Waals surface area contributed by atoms with Gasteiger partial charge in [-0.1, -0.05) is 0 Å². The number of H-pyrrole nitrogens is 1. The molecule has 1 fully saturated rings. The van der Waals surface area contributed by atoms with Crippen molar-refractivity contribution in [2.24, 2.45) is 0 Å². The van der Waals surface area contributed by atoms with Crippen molar-refractivity contribution in [3.8, 4) is 11.5 Å². The number of carbonyl (C=O) groups excluding carboxylic acids is 1. The minimum absolute atomic E-state index is 0.0503. The standard InChI is InChI=1S/C17H20N2O3/c1-21-13-5-6-16(22-2)14(10-13)12-7-9-19(11-12)17(20)15-4-3-8-18-15/h3-6,8,10,12,18H,7,9,11H2,1-2H3/t12-/m1/s1. The summed E-state index contributed by atoms with van der Waals surface area (Å²) in [5.74, 6) is 1.98. The Hall–Kier alpha value is -2.43. The number of aromatic amines is 1. The predicted molar refractivity (Wildman–Crippen MR) is 83.6 cm³/mol.